The van der Waals surface area contributed by atoms with Gasteiger partial charge < -0.3 is 14.0 Å². The number of fused-ring (bicyclic) bond motifs is 1. The van der Waals surface area contributed by atoms with Crippen LogP contribution in [0.15, 0.2) is 71.3 Å². The van der Waals surface area contributed by atoms with Crippen LogP contribution in [0.1, 0.15) is 6.92 Å². The lowest BCUT2D eigenvalue weighted by atomic mass is 10.0. The third-order valence-electron chi connectivity index (χ3n) is 4.42. The van der Waals surface area contributed by atoms with Crippen molar-refractivity contribution < 1.29 is 18.8 Å². The highest BCUT2D eigenvalue weighted by Crippen LogP contribution is 2.29. The van der Waals surface area contributed by atoms with E-state index in [1.54, 1.807) is 32.2 Å². The van der Waals surface area contributed by atoms with Gasteiger partial charge in [-0.05, 0) is 41.1 Å². The van der Waals surface area contributed by atoms with Crippen LogP contribution in [0.25, 0.3) is 22.2 Å². The average molecular weight is 389 g/mol. The molecular formula is C22H19N3O4. The van der Waals surface area contributed by atoms with Crippen LogP contribution in [0.4, 0.5) is 5.95 Å². The van der Waals surface area contributed by atoms with Gasteiger partial charge in [0.05, 0.1) is 7.11 Å². The number of carbonyl (C=O) groups is 1. The van der Waals surface area contributed by atoms with Crippen molar-refractivity contribution in [2.24, 2.45) is 0 Å². The van der Waals surface area contributed by atoms with Crippen molar-refractivity contribution in [3.8, 4) is 23.0 Å². The van der Waals surface area contributed by atoms with E-state index in [-0.39, 0.29) is 5.95 Å². The van der Waals surface area contributed by atoms with Gasteiger partial charge in [0.1, 0.15) is 0 Å². The molecular weight excluding hydrogens is 370 g/mol. The maximum atomic E-state index is 12.5. The van der Waals surface area contributed by atoms with Gasteiger partial charge in [-0.25, -0.2) is 0 Å². The van der Waals surface area contributed by atoms with E-state index >= 15 is 0 Å². The highest BCUT2D eigenvalue weighted by atomic mass is 16.5. The van der Waals surface area contributed by atoms with Crippen LogP contribution in [0.5, 0.6) is 11.5 Å². The largest absolute Gasteiger partial charge is 0.493 e. The summed E-state index contributed by atoms with van der Waals surface area (Å²) in [7, 11) is 1.54. The van der Waals surface area contributed by atoms with E-state index in [4.69, 9.17) is 14.0 Å². The number of carbonyl (C=O) groups excluding carboxylic acids is 1. The zero-order chi connectivity index (χ0) is 20.2. The van der Waals surface area contributed by atoms with E-state index in [0.29, 0.717) is 17.4 Å². The number of hydrogen-bond acceptors (Lipinski definition) is 6. The van der Waals surface area contributed by atoms with Gasteiger partial charge in [0.2, 0.25) is 0 Å². The molecule has 0 fully saturated rings. The van der Waals surface area contributed by atoms with Crippen LogP contribution in [0.3, 0.4) is 0 Å². The SMILES string of the molecule is COc1ccccc1OC(C)C(=O)Nc1noc(-c2cccc3ccccc23)n1. The fraction of sp³-hybridized carbons (Fsp3) is 0.136. The Hall–Kier alpha value is -3.87. The van der Waals surface area contributed by atoms with Crippen LogP contribution in [-0.2, 0) is 4.79 Å². The molecule has 4 aromatic rings. The summed E-state index contributed by atoms with van der Waals surface area (Å²) in [5, 5.41) is 8.53. The molecule has 0 saturated heterocycles. The Bertz CT molecular complexity index is 1150. The number of nitrogens with zero attached hydrogens (tertiary/aromatic N) is 2. The summed E-state index contributed by atoms with van der Waals surface area (Å²) in [5.41, 5.74) is 0.800. The number of nitrogens with one attached hydrogen (secondary N) is 1. The Balaban J connectivity index is 1.49. The van der Waals surface area contributed by atoms with Crippen molar-refractivity contribution in [1.82, 2.24) is 10.1 Å². The van der Waals surface area contributed by atoms with Crippen molar-refractivity contribution in [3.05, 3.63) is 66.7 Å². The van der Waals surface area contributed by atoms with Crippen molar-refractivity contribution >= 4 is 22.6 Å². The van der Waals surface area contributed by atoms with Gasteiger partial charge in [-0.2, -0.15) is 4.98 Å². The fourth-order valence-corrected chi connectivity index (χ4v) is 2.97. The summed E-state index contributed by atoms with van der Waals surface area (Å²) in [5.74, 6) is 1.03. The summed E-state index contributed by atoms with van der Waals surface area (Å²) < 4.78 is 16.3. The molecule has 1 amide bonds. The Morgan fingerprint density at radius 1 is 1.00 bits per heavy atom. The smallest absolute Gasteiger partial charge is 0.270 e. The summed E-state index contributed by atoms with van der Waals surface area (Å²) >= 11 is 0. The van der Waals surface area contributed by atoms with E-state index in [9.17, 15) is 4.79 Å². The molecule has 4 rings (SSSR count). The molecule has 1 N–H and O–H groups in total. The molecule has 1 aromatic heterocycles. The van der Waals surface area contributed by atoms with Crippen molar-refractivity contribution in [2.45, 2.75) is 13.0 Å². The number of rotatable bonds is 6. The fourth-order valence-electron chi connectivity index (χ4n) is 2.97. The number of amides is 1. The molecule has 0 saturated carbocycles. The zero-order valence-corrected chi connectivity index (χ0v) is 16.0. The monoisotopic (exact) mass is 389 g/mol. The van der Waals surface area contributed by atoms with E-state index in [1.807, 2.05) is 48.5 Å². The minimum atomic E-state index is -0.786. The van der Waals surface area contributed by atoms with Gasteiger partial charge in [0.15, 0.2) is 17.6 Å². The topological polar surface area (TPSA) is 86.5 Å². The predicted molar refractivity (Wildman–Crippen MR) is 109 cm³/mol. The third-order valence-corrected chi connectivity index (χ3v) is 4.42. The second-order valence-electron chi connectivity index (χ2n) is 6.35. The second-order valence-corrected chi connectivity index (χ2v) is 6.35. The molecule has 29 heavy (non-hydrogen) atoms. The molecule has 0 spiro atoms. The Kier molecular flexibility index (Phi) is 5.11. The maximum Gasteiger partial charge on any atom is 0.270 e. The first-order chi connectivity index (χ1) is 14.2. The molecule has 7 nitrogen and oxygen atoms in total. The van der Waals surface area contributed by atoms with Crippen molar-refractivity contribution in [1.29, 1.82) is 0 Å². The number of para-hydroxylation sites is 2. The first kappa shape index (κ1) is 18.5. The van der Waals surface area contributed by atoms with Gasteiger partial charge in [0, 0.05) is 5.56 Å². The van der Waals surface area contributed by atoms with Gasteiger partial charge in [0.25, 0.3) is 17.7 Å². The van der Waals surface area contributed by atoms with E-state index in [1.165, 1.54) is 0 Å². The molecule has 146 valence electrons. The Morgan fingerprint density at radius 2 is 1.72 bits per heavy atom. The van der Waals surface area contributed by atoms with Crippen molar-refractivity contribution in [2.75, 3.05) is 12.4 Å². The average Bonchev–Trinajstić information content (AvgIpc) is 3.22. The first-order valence-corrected chi connectivity index (χ1v) is 9.08. The lowest BCUT2D eigenvalue weighted by molar-refractivity contribution is -0.122. The quantitative estimate of drug-likeness (QED) is 0.529. The highest BCUT2D eigenvalue weighted by Gasteiger charge is 2.20. The number of aromatic nitrogens is 2. The van der Waals surface area contributed by atoms with Crippen LogP contribution in [-0.4, -0.2) is 29.3 Å². The molecule has 3 aromatic carbocycles. The second kappa shape index (κ2) is 8.02. The molecule has 0 bridgehead atoms. The van der Waals surface area contributed by atoms with E-state index in [0.717, 1.165) is 16.3 Å². The molecule has 0 aliphatic carbocycles. The molecule has 1 atom stereocenters. The lowest BCUT2D eigenvalue weighted by Gasteiger charge is -2.15. The summed E-state index contributed by atoms with van der Waals surface area (Å²) in [6.45, 7) is 1.63. The van der Waals surface area contributed by atoms with Gasteiger partial charge in [-0.15, -0.1) is 0 Å². The predicted octanol–water partition coefficient (Wildman–Crippen LogP) is 4.30. The van der Waals surface area contributed by atoms with Crippen LogP contribution < -0.4 is 14.8 Å². The lowest BCUT2D eigenvalue weighted by Crippen LogP contribution is -2.30. The third kappa shape index (κ3) is 3.89. The zero-order valence-electron chi connectivity index (χ0n) is 16.0. The molecule has 1 unspecified atom stereocenters. The van der Waals surface area contributed by atoms with Crippen LogP contribution >= 0.6 is 0 Å². The number of anilines is 1. The van der Waals surface area contributed by atoms with Gasteiger partial charge in [-0.1, -0.05) is 48.5 Å². The van der Waals surface area contributed by atoms with Crippen LogP contribution in [0, 0.1) is 0 Å². The number of methoxy groups -OCH3 is 1. The summed E-state index contributed by atoms with van der Waals surface area (Å²) in [6.07, 6.45) is -0.786. The van der Waals surface area contributed by atoms with E-state index < -0.39 is 12.0 Å². The minimum Gasteiger partial charge on any atom is -0.493 e. The van der Waals surface area contributed by atoms with Gasteiger partial charge in [-0.3, -0.25) is 10.1 Å². The Labute approximate surface area is 167 Å². The normalized spacial score (nSPS) is 11.8. The summed E-state index contributed by atoms with van der Waals surface area (Å²) in [4.78, 5) is 16.8. The number of ether oxygens (including phenoxy) is 2. The first-order valence-electron chi connectivity index (χ1n) is 9.08. The minimum absolute atomic E-state index is 0.0772. The summed E-state index contributed by atoms with van der Waals surface area (Å²) in [6, 6.07) is 20.8. The maximum absolute atomic E-state index is 12.5. The molecule has 7 heteroatoms. The standard InChI is InChI=1S/C22H19N3O4/c1-14(28-19-13-6-5-12-18(19)27-2)20(26)23-22-24-21(29-25-22)17-11-7-9-15-8-3-4-10-16(15)17/h3-14H,1-2H3,(H,23,25,26). The number of hydrogen-bond donors (Lipinski definition) is 1. The molecule has 1 heterocycles. The Morgan fingerprint density at radius 3 is 2.55 bits per heavy atom. The molecule has 0 aliphatic rings. The highest BCUT2D eigenvalue weighted by molar-refractivity contribution is 5.95. The van der Waals surface area contributed by atoms with Crippen LogP contribution in [0.2, 0.25) is 0 Å². The number of benzene rings is 3. The van der Waals surface area contributed by atoms with Crippen molar-refractivity contribution in [3.63, 3.8) is 0 Å². The van der Waals surface area contributed by atoms with Gasteiger partial charge >= 0.3 is 0 Å². The molecule has 0 aliphatic heterocycles. The van der Waals surface area contributed by atoms with E-state index in [2.05, 4.69) is 15.5 Å². The molecule has 0 radical (unpaired) electrons.